The molecule has 1 fully saturated rings. The van der Waals surface area contributed by atoms with Crippen molar-refractivity contribution >= 4 is 18.7 Å². The van der Waals surface area contributed by atoms with Gasteiger partial charge in [0.15, 0.2) is 0 Å². The number of allylic oxidation sites excluding steroid dienone is 4. The van der Waals surface area contributed by atoms with Crippen molar-refractivity contribution in [3.63, 3.8) is 0 Å². The minimum Gasteiger partial charge on any atom is -0.464 e. The molecule has 1 heterocycles. The van der Waals surface area contributed by atoms with Crippen molar-refractivity contribution in [1.82, 2.24) is 9.80 Å². The molecule has 1 saturated heterocycles. The number of hydrogen-bond donors (Lipinski definition) is 0. The SMILES string of the molecule is CN(CCN1CCC(OC=O)CC1)C(=O)C1=CCC=CC(C=O)=C1. The van der Waals surface area contributed by atoms with Crippen molar-refractivity contribution in [1.29, 1.82) is 0 Å². The Kier molecular flexibility index (Phi) is 6.93. The second-order valence-corrected chi connectivity index (χ2v) is 6.06. The van der Waals surface area contributed by atoms with Crippen LogP contribution >= 0.6 is 0 Å². The molecule has 0 spiro atoms. The number of piperidine rings is 1. The lowest BCUT2D eigenvalue weighted by molar-refractivity contribution is -0.135. The highest BCUT2D eigenvalue weighted by Crippen LogP contribution is 2.14. The molecular formula is C18H24N2O4. The average molecular weight is 332 g/mol. The molecule has 2 aliphatic rings. The van der Waals surface area contributed by atoms with E-state index in [1.165, 1.54) is 0 Å². The van der Waals surface area contributed by atoms with E-state index in [2.05, 4.69) is 4.90 Å². The first-order chi connectivity index (χ1) is 11.6. The molecule has 0 bridgehead atoms. The second kappa shape index (κ2) is 9.17. The number of likely N-dealkylation sites (tertiary alicyclic amines) is 1. The molecule has 130 valence electrons. The number of amides is 1. The zero-order chi connectivity index (χ0) is 17.4. The van der Waals surface area contributed by atoms with Crippen LogP contribution in [0.4, 0.5) is 0 Å². The van der Waals surface area contributed by atoms with Gasteiger partial charge in [-0.2, -0.15) is 0 Å². The summed E-state index contributed by atoms with van der Waals surface area (Å²) >= 11 is 0. The molecule has 6 nitrogen and oxygen atoms in total. The van der Waals surface area contributed by atoms with E-state index in [4.69, 9.17) is 4.74 Å². The largest absolute Gasteiger partial charge is 0.464 e. The van der Waals surface area contributed by atoms with E-state index in [1.807, 2.05) is 12.2 Å². The Morgan fingerprint density at radius 3 is 2.79 bits per heavy atom. The summed E-state index contributed by atoms with van der Waals surface area (Å²) in [5, 5.41) is 0. The lowest BCUT2D eigenvalue weighted by Crippen LogP contribution is -2.42. The summed E-state index contributed by atoms with van der Waals surface area (Å²) in [6.45, 7) is 3.65. The Morgan fingerprint density at radius 2 is 2.12 bits per heavy atom. The monoisotopic (exact) mass is 332 g/mol. The van der Waals surface area contributed by atoms with Gasteiger partial charge in [-0.1, -0.05) is 18.2 Å². The fourth-order valence-corrected chi connectivity index (χ4v) is 2.87. The van der Waals surface area contributed by atoms with Gasteiger partial charge in [-0.25, -0.2) is 0 Å². The van der Waals surface area contributed by atoms with Gasteiger partial charge in [-0.15, -0.1) is 0 Å². The third-order valence-electron chi connectivity index (χ3n) is 4.37. The second-order valence-electron chi connectivity index (χ2n) is 6.06. The Balaban J connectivity index is 1.81. The summed E-state index contributed by atoms with van der Waals surface area (Å²) in [5.41, 5.74) is 1.07. The van der Waals surface area contributed by atoms with Gasteiger partial charge in [0.1, 0.15) is 12.4 Å². The third-order valence-corrected chi connectivity index (χ3v) is 4.37. The van der Waals surface area contributed by atoms with Crippen LogP contribution in [0.3, 0.4) is 0 Å². The van der Waals surface area contributed by atoms with Crippen LogP contribution < -0.4 is 0 Å². The van der Waals surface area contributed by atoms with Crippen LogP contribution in [0, 0.1) is 0 Å². The van der Waals surface area contributed by atoms with E-state index in [-0.39, 0.29) is 12.0 Å². The molecule has 0 radical (unpaired) electrons. The van der Waals surface area contributed by atoms with Gasteiger partial charge in [0.25, 0.3) is 12.4 Å². The fraction of sp³-hybridized carbons (Fsp3) is 0.500. The summed E-state index contributed by atoms with van der Waals surface area (Å²) in [4.78, 5) is 37.8. The van der Waals surface area contributed by atoms with Crippen LogP contribution in [-0.2, 0) is 19.1 Å². The third kappa shape index (κ3) is 5.16. The molecule has 1 aliphatic carbocycles. The number of ether oxygens (including phenoxy) is 1. The summed E-state index contributed by atoms with van der Waals surface area (Å²) in [6.07, 6.45) is 10.2. The van der Waals surface area contributed by atoms with Crippen molar-refractivity contribution in [2.45, 2.75) is 25.4 Å². The number of rotatable bonds is 7. The lowest BCUT2D eigenvalue weighted by Gasteiger charge is -2.32. The van der Waals surface area contributed by atoms with E-state index in [9.17, 15) is 14.4 Å². The van der Waals surface area contributed by atoms with E-state index >= 15 is 0 Å². The minimum atomic E-state index is -0.0720. The molecule has 2 rings (SSSR count). The molecule has 6 heteroatoms. The maximum absolute atomic E-state index is 12.5. The molecule has 1 aliphatic heterocycles. The maximum atomic E-state index is 12.5. The summed E-state index contributed by atoms with van der Waals surface area (Å²) < 4.78 is 4.99. The van der Waals surface area contributed by atoms with Crippen LogP contribution in [-0.4, -0.2) is 67.8 Å². The predicted molar refractivity (Wildman–Crippen MR) is 90.2 cm³/mol. The summed E-state index contributed by atoms with van der Waals surface area (Å²) in [7, 11) is 1.78. The standard InChI is InChI=1S/C18H24N2O4/c1-19(10-11-20-8-6-17(7-9-20)24-14-22)18(23)16-5-3-2-4-15(12-16)13-21/h2,4-5,12-14,17H,3,6-11H2,1H3. The first-order valence-electron chi connectivity index (χ1n) is 8.24. The molecule has 1 amide bonds. The molecule has 0 unspecified atom stereocenters. The summed E-state index contributed by atoms with van der Waals surface area (Å²) in [5.74, 6) is -0.0720. The average Bonchev–Trinajstić information content (AvgIpc) is 2.86. The van der Waals surface area contributed by atoms with Crippen molar-refractivity contribution in [3.05, 3.63) is 35.5 Å². The molecule has 0 saturated carbocycles. The molecule has 0 N–H and O–H groups in total. The predicted octanol–water partition coefficient (Wildman–Crippen LogP) is 1.09. The topological polar surface area (TPSA) is 66.9 Å². The Bertz CT molecular complexity index is 557. The molecule has 0 aromatic carbocycles. The quantitative estimate of drug-likeness (QED) is 0.653. The number of likely N-dealkylation sites (N-methyl/N-ethyl adjacent to an activating group) is 1. The van der Waals surface area contributed by atoms with Crippen LogP contribution in [0.1, 0.15) is 19.3 Å². The van der Waals surface area contributed by atoms with Crippen molar-refractivity contribution in [2.24, 2.45) is 0 Å². The number of carbonyl (C=O) groups is 3. The van der Waals surface area contributed by atoms with Gasteiger partial charge >= 0.3 is 0 Å². The Labute approximate surface area is 142 Å². The van der Waals surface area contributed by atoms with Gasteiger partial charge in [-0.3, -0.25) is 14.4 Å². The molecular weight excluding hydrogens is 308 g/mol. The van der Waals surface area contributed by atoms with Gasteiger partial charge in [-0.05, 0) is 25.3 Å². The normalized spacial score (nSPS) is 19.0. The first kappa shape index (κ1) is 18.1. The fourth-order valence-electron chi connectivity index (χ4n) is 2.87. The highest BCUT2D eigenvalue weighted by atomic mass is 16.5. The van der Waals surface area contributed by atoms with Gasteiger partial charge < -0.3 is 14.5 Å². The van der Waals surface area contributed by atoms with Crippen molar-refractivity contribution in [2.75, 3.05) is 33.2 Å². The Hall–Kier alpha value is -2.21. The van der Waals surface area contributed by atoms with Crippen molar-refractivity contribution < 1.29 is 19.1 Å². The van der Waals surface area contributed by atoms with Crippen molar-refractivity contribution in [3.8, 4) is 0 Å². The van der Waals surface area contributed by atoms with Crippen LogP contribution in [0.5, 0.6) is 0 Å². The van der Waals surface area contributed by atoms with Crippen LogP contribution in [0.25, 0.3) is 0 Å². The van der Waals surface area contributed by atoms with E-state index in [0.717, 1.165) is 38.8 Å². The lowest BCUT2D eigenvalue weighted by atomic mass is 10.1. The van der Waals surface area contributed by atoms with Gasteiger partial charge in [0.05, 0.1) is 0 Å². The molecule has 0 aromatic rings. The Morgan fingerprint density at radius 1 is 1.38 bits per heavy atom. The van der Waals surface area contributed by atoms with Crippen LogP contribution in [0.2, 0.25) is 0 Å². The number of aldehydes is 1. The number of carbonyl (C=O) groups excluding carboxylic acids is 3. The van der Waals surface area contributed by atoms with Gasteiger partial charge in [0.2, 0.25) is 0 Å². The summed E-state index contributed by atoms with van der Waals surface area (Å²) in [6, 6.07) is 0. The highest BCUT2D eigenvalue weighted by molar-refractivity contribution is 5.98. The maximum Gasteiger partial charge on any atom is 0.293 e. The minimum absolute atomic E-state index is 0.0219. The van der Waals surface area contributed by atoms with E-state index < -0.39 is 0 Å². The zero-order valence-electron chi connectivity index (χ0n) is 14.0. The first-order valence-corrected chi connectivity index (χ1v) is 8.24. The molecule has 0 aromatic heterocycles. The van der Waals surface area contributed by atoms with E-state index in [0.29, 0.717) is 30.6 Å². The number of hydrogen-bond acceptors (Lipinski definition) is 5. The number of nitrogens with zero attached hydrogens (tertiary/aromatic N) is 2. The van der Waals surface area contributed by atoms with E-state index in [1.54, 1.807) is 24.1 Å². The van der Waals surface area contributed by atoms with Gasteiger partial charge in [0, 0.05) is 44.4 Å². The molecule has 24 heavy (non-hydrogen) atoms. The highest BCUT2D eigenvalue weighted by Gasteiger charge is 2.21. The smallest absolute Gasteiger partial charge is 0.293 e. The zero-order valence-corrected chi connectivity index (χ0v) is 14.0. The molecule has 0 atom stereocenters. The van der Waals surface area contributed by atoms with Crippen LogP contribution in [0.15, 0.2) is 35.5 Å².